The fraction of sp³-hybridized carbons (Fsp3) is 0.929. The predicted octanol–water partition coefficient (Wildman–Crippen LogP) is 3.46. The van der Waals surface area contributed by atoms with Crippen molar-refractivity contribution in [3.8, 4) is 0 Å². The Morgan fingerprint density at radius 3 is 2.25 bits per heavy atom. The van der Waals surface area contributed by atoms with E-state index in [1.54, 1.807) is 0 Å². The summed E-state index contributed by atoms with van der Waals surface area (Å²) >= 11 is 0. The Bertz CT molecular complexity index is 227. The van der Waals surface area contributed by atoms with E-state index in [1.807, 2.05) is 0 Å². The zero-order chi connectivity index (χ0) is 12.2. The monoisotopic (exact) mass is 225 g/mol. The van der Waals surface area contributed by atoms with Crippen LogP contribution in [0.1, 0.15) is 59.8 Å². The van der Waals surface area contributed by atoms with E-state index in [4.69, 9.17) is 0 Å². The molecule has 2 nitrogen and oxygen atoms in total. The molecule has 1 heterocycles. The van der Waals surface area contributed by atoms with E-state index in [2.05, 4.69) is 32.6 Å². The summed E-state index contributed by atoms with van der Waals surface area (Å²) in [6, 6.07) is 0. The van der Waals surface area contributed by atoms with Crippen molar-refractivity contribution in [1.29, 1.82) is 0 Å². The zero-order valence-electron chi connectivity index (χ0n) is 11.4. The lowest BCUT2D eigenvalue weighted by molar-refractivity contribution is -0.142. The summed E-state index contributed by atoms with van der Waals surface area (Å²) in [4.78, 5) is 14.4. The van der Waals surface area contributed by atoms with Gasteiger partial charge in [-0.3, -0.25) is 4.79 Å². The maximum absolute atomic E-state index is 12.3. The van der Waals surface area contributed by atoms with E-state index >= 15 is 0 Å². The third kappa shape index (κ3) is 3.23. The van der Waals surface area contributed by atoms with E-state index in [0.29, 0.717) is 5.91 Å². The molecule has 0 radical (unpaired) electrons. The van der Waals surface area contributed by atoms with Crippen LogP contribution in [0.5, 0.6) is 0 Å². The first-order valence-electron chi connectivity index (χ1n) is 6.80. The number of hydrogen-bond acceptors (Lipinski definition) is 1. The highest BCUT2D eigenvalue weighted by Crippen LogP contribution is 2.28. The number of carbonyl (C=O) groups is 1. The van der Waals surface area contributed by atoms with Gasteiger partial charge in [-0.25, -0.2) is 0 Å². The van der Waals surface area contributed by atoms with Crippen LogP contribution in [0.15, 0.2) is 0 Å². The number of likely N-dealkylation sites (tertiary alicyclic amines) is 1. The van der Waals surface area contributed by atoms with Gasteiger partial charge >= 0.3 is 0 Å². The molecule has 0 aromatic rings. The van der Waals surface area contributed by atoms with Crippen molar-refractivity contribution in [1.82, 2.24) is 4.90 Å². The van der Waals surface area contributed by atoms with Crippen molar-refractivity contribution in [3.05, 3.63) is 0 Å². The Kier molecular flexibility index (Phi) is 4.82. The first kappa shape index (κ1) is 13.5. The summed E-state index contributed by atoms with van der Waals surface area (Å²) in [5.41, 5.74) is -0.159. The minimum absolute atomic E-state index is 0.159. The molecule has 0 atom stereocenters. The predicted molar refractivity (Wildman–Crippen MR) is 68.3 cm³/mol. The molecule has 0 saturated carbocycles. The van der Waals surface area contributed by atoms with Gasteiger partial charge in [-0.1, -0.05) is 40.5 Å². The molecule has 1 fully saturated rings. The lowest BCUT2D eigenvalue weighted by Crippen LogP contribution is -2.45. The van der Waals surface area contributed by atoms with Crippen LogP contribution in [0.2, 0.25) is 0 Å². The fourth-order valence-electron chi connectivity index (χ4n) is 2.70. The first-order valence-corrected chi connectivity index (χ1v) is 6.80. The molecule has 1 aliphatic heterocycles. The van der Waals surface area contributed by atoms with E-state index < -0.39 is 0 Å². The van der Waals surface area contributed by atoms with Gasteiger partial charge in [0.25, 0.3) is 0 Å². The number of carbonyl (C=O) groups excluding carboxylic acids is 1. The summed E-state index contributed by atoms with van der Waals surface area (Å²) in [5, 5.41) is 0. The van der Waals surface area contributed by atoms with Gasteiger partial charge in [0.1, 0.15) is 0 Å². The van der Waals surface area contributed by atoms with Crippen LogP contribution >= 0.6 is 0 Å². The average Bonchev–Trinajstić information content (AvgIpc) is 2.28. The van der Waals surface area contributed by atoms with E-state index in [-0.39, 0.29) is 5.41 Å². The molecule has 0 bridgehead atoms. The molecular weight excluding hydrogens is 198 g/mol. The molecule has 1 aliphatic rings. The van der Waals surface area contributed by atoms with E-state index in [9.17, 15) is 4.79 Å². The smallest absolute Gasteiger partial charge is 0.228 e. The number of hydrogen-bond donors (Lipinski definition) is 0. The van der Waals surface area contributed by atoms with Crippen LogP contribution in [-0.4, -0.2) is 23.9 Å². The van der Waals surface area contributed by atoms with Gasteiger partial charge in [-0.2, -0.15) is 0 Å². The van der Waals surface area contributed by atoms with Crippen LogP contribution in [0, 0.1) is 11.3 Å². The second-order valence-electron chi connectivity index (χ2n) is 5.78. The van der Waals surface area contributed by atoms with Crippen molar-refractivity contribution in [2.45, 2.75) is 59.8 Å². The highest BCUT2D eigenvalue weighted by Gasteiger charge is 2.32. The van der Waals surface area contributed by atoms with Gasteiger partial charge in [-0.15, -0.1) is 0 Å². The Balaban J connectivity index is 2.50. The molecule has 16 heavy (non-hydrogen) atoms. The third-order valence-electron chi connectivity index (χ3n) is 3.93. The maximum atomic E-state index is 12.3. The maximum Gasteiger partial charge on any atom is 0.228 e. The van der Waals surface area contributed by atoms with Crippen LogP contribution in [0.3, 0.4) is 0 Å². The lowest BCUT2D eigenvalue weighted by atomic mass is 9.85. The lowest BCUT2D eigenvalue weighted by Gasteiger charge is -2.36. The topological polar surface area (TPSA) is 20.3 Å². The molecule has 0 aromatic carbocycles. The molecular formula is C14H27NO. The minimum Gasteiger partial charge on any atom is -0.342 e. The Morgan fingerprint density at radius 1 is 1.25 bits per heavy atom. The summed E-state index contributed by atoms with van der Waals surface area (Å²) in [5.74, 6) is 1.21. The first-order chi connectivity index (χ1) is 7.51. The molecule has 0 unspecified atom stereocenters. The second-order valence-corrected chi connectivity index (χ2v) is 5.78. The highest BCUT2D eigenvalue weighted by molar-refractivity contribution is 5.82. The quantitative estimate of drug-likeness (QED) is 0.717. The average molecular weight is 225 g/mol. The molecule has 2 heteroatoms. The highest BCUT2D eigenvalue weighted by atomic mass is 16.2. The number of nitrogens with zero attached hydrogens (tertiary/aromatic N) is 1. The summed E-state index contributed by atoms with van der Waals surface area (Å²) < 4.78 is 0. The Morgan fingerprint density at radius 2 is 1.81 bits per heavy atom. The van der Waals surface area contributed by atoms with Crippen molar-refractivity contribution < 1.29 is 4.79 Å². The van der Waals surface area contributed by atoms with Crippen LogP contribution in [-0.2, 0) is 4.79 Å². The number of piperidine rings is 1. The van der Waals surface area contributed by atoms with Gasteiger partial charge in [0.2, 0.25) is 5.91 Å². The van der Waals surface area contributed by atoms with Crippen molar-refractivity contribution in [2.75, 3.05) is 13.1 Å². The van der Waals surface area contributed by atoms with Crippen LogP contribution in [0.25, 0.3) is 0 Å². The standard InChI is InChI=1S/C14H27NO/c1-5-9-14(3,4)13(16)15-10-7-12(6-2)8-11-15/h12H,5-11H2,1-4H3. The largest absolute Gasteiger partial charge is 0.342 e. The molecule has 1 saturated heterocycles. The second kappa shape index (κ2) is 5.70. The Hall–Kier alpha value is -0.530. The molecule has 0 spiro atoms. The molecule has 1 amide bonds. The van der Waals surface area contributed by atoms with Crippen molar-refractivity contribution in [3.63, 3.8) is 0 Å². The third-order valence-corrected chi connectivity index (χ3v) is 3.93. The number of amides is 1. The summed E-state index contributed by atoms with van der Waals surface area (Å²) in [6.45, 7) is 10.5. The van der Waals surface area contributed by atoms with Crippen molar-refractivity contribution in [2.24, 2.45) is 11.3 Å². The van der Waals surface area contributed by atoms with Gasteiger partial charge in [0.05, 0.1) is 0 Å². The van der Waals surface area contributed by atoms with Crippen LogP contribution < -0.4 is 0 Å². The zero-order valence-corrected chi connectivity index (χ0v) is 11.4. The van der Waals surface area contributed by atoms with Gasteiger partial charge in [-0.05, 0) is 25.2 Å². The van der Waals surface area contributed by atoms with E-state index in [0.717, 1.165) is 31.8 Å². The van der Waals surface area contributed by atoms with Gasteiger partial charge < -0.3 is 4.90 Å². The van der Waals surface area contributed by atoms with Gasteiger partial charge in [0.15, 0.2) is 0 Å². The minimum atomic E-state index is -0.159. The van der Waals surface area contributed by atoms with Crippen molar-refractivity contribution >= 4 is 5.91 Å². The molecule has 0 aromatic heterocycles. The SMILES string of the molecule is CCCC(C)(C)C(=O)N1CCC(CC)CC1. The molecule has 0 aliphatic carbocycles. The van der Waals surface area contributed by atoms with Gasteiger partial charge in [0, 0.05) is 18.5 Å². The molecule has 1 rings (SSSR count). The summed E-state index contributed by atoms with van der Waals surface area (Å²) in [6.07, 6.45) is 5.75. The molecule has 0 N–H and O–H groups in total. The molecule has 94 valence electrons. The number of rotatable bonds is 4. The summed E-state index contributed by atoms with van der Waals surface area (Å²) in [7, 11) is 0. The fourth-order valence-corrected chi connectivity index (χ4v) is 2.70. The van der Waals surface area contributed by atoms with E-state index in [1.165, 1.54) is 19.3 Å². The van der Waals surface area contributed by atoms with Crippen LogP contribution in [0.4, 0.5) is 0 Å². The normalized spacial score (nSPS) is 18.9. The Labute approximate surface area is 100 Å².